The van der Waals surface area contributed by atoms with Gasteiger partial charge in [-0.2, -0.15) is 0 Å². The Morgan fingerprint density at radius 1 is 1.00 bits per heavy atom. The van der Waals surface area contributed by atoms with Crippen LogP contribution in [0, 0.1) is 5.92 Å². The van der Waals surface area contributed by atoms with Crippen molar-refractivity contribution >= 4 is 0 Å². The Labute approximate surface area is 144 Å². The van der Waals surface area contributed by atoms with E-state index >= 15 is 0 Å². The molecule has 0 N–H and O–H groups in total. The summed E-state index contributed by atoms with van der Waals surface area (Å²) in [7, 11) is 4.09. The van der Waals surface area contributed by atoms with Gasteiger partial charge in [-0.25, -0.2) is 9.97 Å². The molecule has 6 heteroatoms. The fraction of sp³-hybridized carbons (Fsp3) is 0.556. The number of rotatable bonds is 6. The molecule has 0 aliphatic carbocycles. The van der Waals surface area contributed by atoms with Crippen molar-refractivity contribution in [3.63, 3.8) is 0 Å². The Balaban J connectivity index is 1.45. The summed E-state index contributed by atoms with van der Waals surface area (Å²) < 4.78 is 0. The van der Waals surface area contributed by atoms with Crippen LogP contribution in [0.4, 0.5) is 0 Å². The van der Waals surface area contributed by atoms with Gasteiger partial charge < -0.3 is 4.90 Å². The Hall–Kier alpha value is -1.92. The van der Waals surface area contributed by atoms with Crippen molar-refractivity contribution in [2.45, 2.75) is 32.4 Å². The van der Waals surface area contributed by atoms with E-state index in [1.54, 1.807) is 6.33 Å². The van der Waals surface area contributed by atoms with E-state index in [-0.39, 0.29) is 0 Å². The molecule has 6 nitrogen and oxygen atoms in total. The largest absolute Gasteiger partial charge is 0.304 e. The van der Waals surface area contributed by atoms with Crippen molar-refractivity contribution in [2.75, 3.05) is 27.2 Å². The second kappa shape index (κ2) is 8.26. The van der Waals surface area contributed by atoms with Crippen LogP contribution < -0.4 is 0 Å². The molecular formula is C18H26N6. The van der Waals surface area contributed by atoms with E-state index in [1.807, 2.05) is 38.9 Å². The summed E-state index contributed by atoms with van der Waals surface area (Å²) in [5, 5.41) is 0. The molecule has 0 radical (unpaired) electrons. The molecule has 3 rings (SSSR count). The molecule has 1 aliphatic heterocycles. The standard InChI is InChI=1S/C18H26N6/c1-23(2)13-18-11-21-17(10-22-18)7-15-3-5-24(6-4-15)12-16-8-19-14-20-9-16/h8-11,14-15H,3-7,12-13H2,1-2H3. The lowest BCUT2D eigenvalue weighted by atomic mass is 9.92. The predicted octanol–water partition coefficient (Wildman–Crippen LogP) is 1.78. The Morgan fingerprint density at radius 2 is 1.67 bits per heavy atom. The van der Waals surface area contributed by atoms with Crippen LogP contribution >= 0.6 is 0 Å². The average Bonchev–Trinajstić information content (AvgIpc) is 2.59. The second-order valence-corrected chi connectivity index (χ2v) is 6.91. The summed E-state index contributed by atoms with van der Waals surface area (Å²) in [6.45, 7) is 4.05. The fourth-order valence-corrected chi connectivity index (χ4v) is 3.21. The molecule has 128 valence electrons. The van der Waals surface area contributed by atoms with Gasteiger partial charge >= 0.3 is 0 Å². The quantitative estimate of drug-likeness (QED) is 0.806. The van der Waals surface area contributed by atoms with Crippen molar-refractivity contribution in [2.24, 2.45) is 5.92 Å². The zero-order chi connectivity index (χ0) is 16.8. The SMILES string of the molecule is CN(C)Cc1cnc(CC2CCN(Cc3cncnc3)CC2)cn1. The van der Waals surface area contributed by atoms with Crippen LogP contribution in [0.3, 0.4) is 0 Å². The maximum absolute atomic E-state index is 4.59. The smallest absolute Gasteiger partial charge is 0.115 e. The number of aromatic nitrogens is 4. The molecule has 0 amide bonds. The van der Waals surface area contributed by atoms with E-state index in [1.165, 1.54) is 18.4 Å². The number of hydrogen-bond acceptors (Lipinski definition) is 6. The van der Waals surface area contributed by atoms with E-state index in [0.29, 0.717) is 5.92 Å². The minimum Gasteiger partial charge on any atom is -0.304 e. The maximum atomic E-state index is 4.59. The predicted molar refractivity (Wildman–Crippen MR) is 93.2 cm³/mol. The molecule has 24 heavy (non-hydrogen) atoms. The summed E-state index contributed by atoms with van der Waals surface area (Å²) in [4.78, 5) is 21.9. The third-order valence-corrected chi connectivity index (χ3v) is 4.46. The molecule has 1 fully saturated rings. The monoisotopic (exact) mass is 326 g/mol. The average molecular weight is 326 g/mol. The molecular weight excluding hydrogens is 300 g/mol. The Kier molecular flexibility index (Phi) is 5.82. The van der Waals surface area contributed by atoms with E-state index in [4.69, 9.17) is 0 Å². The second-order valence-electron chi connectivity index (χ2n) is 6.91. The van der Waals surface area contributed by atoms with Crippen molar-refractivity contribution in [1.29, 1.82) is 0 Å². The van der Waals surface area contributed by atoms with E-state index in [2.05, 4.69) is 29.7 Å². The molecule has 0 atom stereocenters. The first-order chi connectivity index (χ1) is 11.7. The lowest BCUT2D eigenvalue weighted by Gasteiger charge is -2.31. The van der Waals surface area contributed by atoms with Crippen molar-refractivity contribution < 1.29 is 0 Å². The number of piperidine rings is 1. The van der Waals surface area contributed by atoms with Crippen LogP contribution in [0.5, 0.6) is 0 Å². The highest BCUT2D eigenvalue weighted by atomic mass is 15.1. The zero-order valence-electron chi connectivity index (χ0n) is 14.6. The first-order valence-electron chi connectivity index (χ1n) is 8.60. The molecule has 1 aliphatic rings. The summed E-state index contributed by atoms with van der Waals surface area (Å²) in [6, 6.07) is 0. The molecule has 0 saturated carbocycles. The van der Waals surface area contributed by atoms with Crippen LogP contribution in [0.15, 0.2) is 31.1 Å². The highest BCUT2D eigenvalue weighted by molar-refractivity contribution is 5.04. The van der Waals surface area contributed by atoms with Gasteiger partial charge in [0.25, 0.3) is 0 Å². The lowest BCUT2D eigenvalue weighted by Crippen LogP contribution is -2.34. The highest BCUT2D eigenvalue weighted by Crippen LogP contribution is 2.21. The van der Waals surface area contributed by atoms with E-state index < -0.39 is 0 Å². The molecule has 3 heterocycles. The molecule has 0 unspecified atom stereocenters. The molecule has 0 aromatic carbocycles. The normalized spacial score (nSPS) is 16.6. The molecule has 2 aromatic rings. The van der Waals surface area contributed by atoms with Gasteiger partial charge in [-0.1, -0.05) is 0 Å². The van der Waals surface area contributed by atoms with Gasteiger partial charge in [0, 0.05) is 37.2 Å². The highest BCUT2D eigenvalue weighted by Gasteiger charge is 2.20. The number of hydrogen-bond donors (Lipinski definition) is 0. The van der Waals surface area contributed by atoms with Crippen molar-refractivity contribution in [3.8, 4) is 0 Å². The first-order valence-corrected chi connectivity index (χ1v) is 8.60. The van der Waals surface area contributed by atoms with Gasteiger partial charge in [-0.05, 0) is 52.4 Å². The van der Waals surface area contributed by atoms with Crippen LogP contribution in [-0.4, -0.2) is 56.9 Å². The van der Waals surface area contributed by atoms with Crippen LogP contribution in [-0.2, 0) is 19.5 Å². The van der Waals surface area contributed by atoms with Gasteiger partial charge in [-0.3, -0.25) is 14.9 Å². The van der Waals surface area contributed by atoms with Crippen LogP contribution in [0.1, 0.15) is 29.8 Å². The molecule has 1 saturated heterocycles. The first kappa shape index (κ1) is 16.9. The van der Waals surface area contributed by atoms with Gasteiger partial charge in [-0.15, -0.1) is 0 Å². The Bertz CT molecular complexity index is 605. The molecule has 0 spiro atoms. The van der Waals surface area contributed by atoms with Crippen molar-refractivity contribution in [3.05, 3.63) is 48.1 Å². The van der Waals surface area contributed by atoms with Gasteiger partial charge in [0.05, 0.1) is 17.6 Å². The van der Waals surface area contributed by atoms with Gasteiger partial charge in [0.15, 0.2) is 0 Å². The topological polar surface area (TPSA) is 58.0 Å². The minimum atomic E-state index is 0.710. The van der Waals surface area contributed by atoms with Gasteiger partial charge in [0.1, 0.15) is 6.33 Å². The van der Waals surface area contributed by atoms with Crippen molar-refractivity contribution in [1.82, 2.24) is 29.7 Å². The van der Waals surface area contributed by atoms with Gasteiger partial charge in [0.2, 0.25) is 0 Å². The van der Waals surface area contributed by atoms with E-state index in [0.717, 1.165) is 44.0 Å². The number of nitrogens with zero attached hydrogens (tertiary/aromatic N) is 6. The Morgan fingerprint density at radius 3 is 2.29 bits per heavy atom. The van der Waals surface area contributed by atoms with E-state index in [9.17, 15) is 0 Å². The number of likely N-dealkylation sites (tertiary alicyclic amines) is 1. The molecule has 0 bridgehead atoms. The third-order valence-electron chi connectivity index (χ3n) is 4.46. The summed E-state index contributed by atoms with van der Waals surface area (Å²) in [6.07, 6.45) is 12.7. The van der Waals surface area contributed by atoms with Crippen LogP contribution in [0.25, 0.3) is 0 Å². The van der Waals surface area contributed by atoms with Crippen LogP contribution in [0.2, 0.25) is 0 Å². The maximum Gasteiger partial charge on any atom is 0.115 e. The summed E-state index contributed by atoms with van der Waals surface area (Å²) in [5.74, 6) is 0.710. The zero-order valence-corrected chi connectivity index (χ0v) is 14.6. The summed E-state index contributed by atoms with van der Waals surface area (Å²) in [5.41, 5.74) is 3.34. The fourth-order valence-electron chi connectivity index (χ4n) is 3.21. The molecule has 2 aromatic heterocycles. The summed E-state index contributed by atoms with van der Waals surface area (Å²) >= 11 is 0. The minimum absolute atomic E-state index is 0.710. The third kappa shape index (κ3) is 5.04. The lowest BCUT2D eigenvalue weighted by molar-refractivity contribution is 0.176.